The second-order valence-electron chi connectivity index (χ2n) is 7.04. The summed E-state index contributed by atoms with van der Waals surface area (Å²) in [5.41, 5.74) is 0.736. The molecule has 5 atom stereocenters. The molecule has 0 unspecified atom stereocenters. The van der Waals surface area contributed by atoms with Crippen LogP contribution in [0.4, 0.5) is 5.69 Å². The average molecular weight is 426 g/mol. The Bertz CT molecular complexity index is 657. The lowest BCUT2D eigenvalue weighted by Crippen LogP contribution is -2.59. The van der Waals surface area contributed by atoms with Crippen molar-refractivity contribution < 1.29 is 39.5 Å². The van der Waals surface area contributed by atoms with Crippen LogP contribution >= 0.6 is 0 Å². The summed E-state index contributed by atoms with van der Waals surface area (Å²) in [6.07, 6.45) is -4.96. The maximum absolute atomic E-state index is 11.8. The van der Waals surface area contributed by atoms with Crippen LogP contribution in [0.5, 0.6) is 0 Å². The SMILES string of the molecule is O=C(CCCCC(=O)Nc1ccccc1)NCCO[C@H]1O[C@H](CO)[C@@H](O)[C@H](O)[C@@H]1O. The van der Waals surface area contributed by atoms with Gasteiger partial charge in [-0.1, -0.05) is 18.2 Å². The van der Waals surface area contributed by atoms with E-state index in [9.17, 15) is 24.9 Å². The van der Waals surface area contributed by atoms with Crippen LogP contribution in [0.2, 0.25) is 0 Å². The van der Waals surface area contributed by atoms with Gasteiger partial charge in [-0.05, 0) is 25.0 Å². The fourth-order valence-corrected chi connectivity index (χ4v) is 2.98. The Labute approximate surface area is 174 Å². The first kappa shape index (κ1) is 24.2. The molecule has 1 aromatic rings. The summed E-state index contributed by atoms with van der Waals surface area (Å²) in [6, 6.07) is 9.14. The minimum atomic E-state index is -1.51. The summed E-state index contributed by atoms with van der Waals surface area (Å²) < 4.78 is 10.5. The van der Waals surface area contributed by atoms with Crippen molar-refractivity contribution in [1.29, 1.82) is 0 Å². The van der Waals surface area contributed by atoms with E-state index in [1.807, 2.05) is 18.2 Å². The van der Waals surface area contributed by atoms with Gasteiger partial charge in [0.15, 0.2) is 6.29 Å². The van der Waals surface area contributed by atoms with E-state index in [1.54, 1.807) is 12.1 Å². The fourth-order valence-electron chi connectivity index (χ4n) is 2.98. The molecule has 0 saturated carbocycles. The third-order valence-electron chi connectivity index (χ3n) is 4.67. The highest BCUT2D eigenvalue weighted by Gasteiger charge is 2.43. The number of hydrogen-bond acceptors (Lipinski definition) is 8. The van der Waals surface area contributed by atoms with Gasteiger partial charge in [0.1, 0.15) is 24.4 Å². The van der Waals surface area contributed by atoms with Crippen LogP contribution in [0.1, 0.15) is 25.7 Å². The molecule has 1 aromatic carbocycles. The summed E-state index contributed by atoms with van der Waals surface area (Å²) in [6.45, 7) is -0.374. The number of benzene rings is 1. The number of aliphatic hydroxyl groups is 4. The molecule has 30 heavy (non-hydrogen) atoms. The lowest BCUT2D eigenvalue weighted by atomic mass is 9.99. The van der Waals surface area contributed by atoms with Crippen molar-refractivity contribution in [3.63, 3.8) is 0 Å². The number of carbonyl (C=O) groups is 2. The number of aliphatic hydroxyl groups excluding tert-OH is 4. The largest absolute Gasteiger partial charge is 0.394 e. The molecule has 1 fully saturated rings. The van der Waals surface area contributed by atoms with Gasteiger partial charge in [0.2, 0.25) is 11.8 Å². The van der Waals surface area contributed by atoms with Crippen molar-refractivity contribution in [3.8, 4) is 0 Å². The van der Waals surface area contributed by atoms with Gasteiger partial charge < -0.3 is 40.5 Å². The van der Waals surface area contributed by atoms with Crippen molar-refractivity contribution in [2.45, 2.75) is 56.4 Å². The van der Waals surface area contributed by atoms with Crippen molar-refractivity contribution in [1.82, 2.24) is 5.32 Å². The molecule has 1 aliphatic heterocycles. The number of para-hydroxylation sites is 1. The number of nitrogens with one attached hydrogen (secondary N) is 2. The molecule has 0 radical (unpaired) electrons. The van der Waals surface area contributed by atoms with Gasteiger partial charge in [0.05, 0.1) is 13.2 Å². The molecule has 1 saturated heterocycles. The molecule has 0 aromatic heterocycles. The molecular formula is C20H30N2O8. The fraction of sp³-hybridized carbons (Fsp3) is 0.600. The maximum Gasteiger partial charge on any atom is 0.224 e. The van der Waals surface area contributed by atoms with Crippen LogP contribution in [0.25, 0.3) is 0 Å². The number of rotatable bonds is 11. The number of ether oxygens (including phenoxy) is 2. The van der Waals surface area contributed by atoms with Crippen molar-refractivity contribution in [2.24, 2.45) is 0 Å². The number of unbranched alkanes of at least 4 members (excludes halogenated alkanes) is 1. The normalized spacial score (nSPS) is 26.2. The van der Waals surface area contributed by atoms with Gasteiger partial charge in [-0.3, -0.25) is 9.59 Å². The summed E-state index contributed by atoms with van der Waals surface area (Å²) in [4.78, 5) is 23.7. The Morgan fingerprint density at radius 2 is 1.63 bits per heavy atom. The second kappa shape index (κ2) is 12.6. The highest BCUT2D eigenvalue weighted by atomic mass is 16.7. The van der Waals surface area contributed by atoms with Gasteiger partial charge in [0.25, 0.3) is 0 Å². The van der Waals surface area contributed by atoms with Gasteiger partial charge in [-0.15, -0.1) is 0 Å². The zero-order valence-electron chi connectivity index (χ0n) is 16.6. The summed E-state index contributed by atoms with van der Waals surface area (Å²) in [5.74, 6) is -0.301. The van der Waals surface area contributed by atoms with Crippen LogP contribution in [0.3, 0.4) is 0 Å². The Hall–Kier alpha value is -2.08. The Morgan fingerprint density at radius 3 is 2.30 bits per heavy atom. The minimum Gasteiger partial charge on any atom is -0.394 e. The molecule has 0 bridgehead atoms. The number of anilines is 1. The summed E-state index contributed by atoms with van der Waals surface area (Å²) in [5, 5.41) is 43.8. The molecule has 168 valence electrons. The maximum atomic E-state index is 11.8. The smallest absolute Gasteiger partial charge is 0.224 e. The van der Waals surface area contributed by atoms with E-state index in [4.69, 9.17) is 14.6 Å². The third-order valence-corrected chi connectivity index (χ3v) is 4.67. The lowest BCUT2D eigenvalue weighted by Gasteiger charge is -2.39. The van der Waals surface area contributed by atoms with Gasteiger partial charge in [-0.2, -0.15) is 0 Å². The molecule has 0 spiro atoms. The first-order chi connectivity index (χ1) is 14.4. The molecule has 6 N–H and O–H groups in total. The van der Waals surface area contributed by atoms with Gasteiger partial charge in [0, 0.05) is 25.1 Å². The zero-order chi connectivity index (χ0) is 21.9. The number of amides is 2. The molecule has 10 nitrogen and oxygen atoms in total. The second-order valence-corrected chi connectivity index (χ2v) is 7.04. The molecule has 0 aliphatic carbocycles. The number of hydrogen-bond donors (Lipinski definition) is 6. The van der Waals surface area contributed by atoms with E-state index in [0.717, 1.165) is 5.69 Å². The highest BCUT2D eigenvalue weighted by molar-refractivity contribution is 5.90. The van der Waals surface area contributed by atoms with E-state index in [0.29, 0.717) is 19.3 Å². The van der Waals surface area contributed by atoms with E-state index in [2.05, 4.69) is 10.6 Å². The Kier molecular flexibility index (Phi) is 10.1. The van der Waals surface area contributed by atoms with Crippen LogP contribution in [-0.4, -0.2) is 82.7 Å². The van der Waals surface area contributed by atoms with Crippen molar-refractivity contribution >= 4 is 17.5 Å². The lowest BCUT2D eigenvalue weighted by molar-refractivity contribution is -0.300. The average Bonchev–Trinajstić information content (AvgIpc) is 2.74. The van der Waals surface area contributed by atoms with E-state index in [-0.39, 0.29) is 31.4 Å². The topological polar surface area (TPSA) is 158 Å². The predicted octanol–water partition coefficient (Wildman–Crippen LogP) is -0.882. The first-order valence-electron chi connectivity index (χ1n) is 9.96. The van der Waals surface area contributed by atoms with Gasteiger partial charge in [-0.25, -0.2) is 0 Å². The quantitative estimate of drug-likeness (QED) is 0.249. The number of carbonyl (C=O) groups excluding carboxylic acids is 2. The predicted molar refractivity (Wildman–Crippen MR) is 106 cm³/mol. The Balaban J connectivity index is 1.54. The first-order valence-corrected chi connectivity index (χ1v) is 9.96. The monoisotopic (exact) mass is 426 g/mol. The van der Waals surface area contributed by atoms with Gasteiger partial charge >= 0.3 is 0 Å². The van der Waals surface area contributed by atoms with Crippen LogP contribution < -0.4 is 10.6 Å². The zero-order valence-corrected chi connectivity index (χ0v) is 16.6. The standard InChI is InChI=1S/C20H30N2O8/c23-12-14-17(26)18(27)19(28)20(30-14)29-11-10-21-15(24)8-4-5-9-16(25)22-13-6-2-1-3-7-13/h1-3,6-7,14,17-20,23,26-28H,4-5,8-12H2,(H,21,24)(H,22,25)/t14-,17-,18+,19+,20+/m1/s1. The van der Waals surface area contributed by atoms with E-state index < -0.39 is 37.3 Å². The Morgan fingerprint density at radius 1 is 0.967 bits per heavy atom. The molecular weight excluding hydrogens is 396 g/mol. The molecule has 2 amide bonds. The summed E-state index contributed by atoms with van der Waals surface area (Å²) >= 11 is 0. The third kappa shape index (κ3) is 7.63. The molecule has 1 heterocycles. The molecule has 2 rings (SSSR count). The van der Waals surface area contributed by atoms with Crippen LogP contribution in [0, 0.1) is 0 Å². The van der Waals surface area contributed by atoms with E-state index in [1.165, 1.54) is 0 Å². The van der Waals surface area contributed by atoms with Crippen LogP contribution in [-0.2, 0) is 19.1 Å². The molecule has 1 aliphatic rings. The summed E-state index contributed by atoms with van der Waals surface area (Å²) in [7, 11) is 0. The highest BCUT2D eigenvalue weighted by Crippen LogP contribution is 2.21. The van der Waals surface area contributed by atoms with E-state index >= 15 is 0 Å². The van der Waals surface area contributed by atoms with Crippen molar-refractivity contribution in [3.05, 3.63) is 30.3 Å². The molecule has 10 heteroatoms. The van der Waals surface area contributed by atoms with Crippen LogP contribution in [0.15, 0.2) is 30.3 Å². The minimum absolute atomic E-state index is 0.00785. The van der Waals surface area contributed by atoms with Crippen molar-refractivity contribution in [2.75, 3.05) is 25.1 Å².